The van der Waals surface area contributed by atoms with Crippen LogP contribution in [0.25, 0.3) is 22.0 Å². The number of likely N-dealkylation sites (tertiary alicyclic amines) is 2. The van der Waals surface area contributed by atoms with E-state index in [1.54, 1.807) is 0 Å². The first-order chi connectivity index (χ1) is 18.7. The quantitative estimate of drug-likeness (QED) is 0.400. The van der Waals surface area contributed by atoms with Gasteiger partial charge in [-0.15, -0.1) is 0 Å². The van der Waals surface area contributed by atoms with E-state index in [-0.39, 0.29) is 18.1 Å². The first-order valence-electron chi connectivity index (χ1n) is 14.4. The van der Waals surface area contributed by atoms with Crippen LogP contribution in [0.3, 0.4) is 0 Å². The van der Waals surface area contributed by atoms with E-state index in [0.717, 1.165) is 68.4 Å². The van der Waals surface area contributed by atoms with E-state index in [0.29, 0.717) is 12.5 Å². The van der Waals surface area contributed by atoms with Crippen molar-refractivity contribution in [2.45, 2.75) is 50.7 Å². The molecular formula is C32H39N3O3. The molecule has 2 aromatic carbocycles. The first-order valence-corrected chi connectivity index (χ1v) is 14.4. The summed E-state index contributed by atoms with van der Waals surface area (Å²) >= 11 is 0. The van der Waals surface area contributed by atoms with Gasteiger partial charge in [0.15, 0.2) is 0 Å². The Hall–Kier alpha value is -2.80. The van der Waals surface area contributed by atoms with Crippen LogP contribution < -0.4 is 0 Å². The minimum absolute atomic E-state index is 0.0429. The van der Waals surface area contributed by atoms with Crippen LogP contribution in [0.5, 0.6) is 0 Å². The second kappa shape index (κ2) is 11.9. The van der Waals surface area contributed by atoms with Gasteiger partial charge in [0, 0.05) is 43.4 Å². The summed E-state index contributed by atoms with van der Waals surface area (Å²) in [5.41, 5.74) is 4.54. The van der Waals surface area contributed by atoms with E-state index >= 15 is 0 Å². The third-order valence-corrected chi connectivity index (χ3v) is 8.55. The molecule has 6 heteroatoms. The molecule has 1 aromatic heterocycles. The number of benzene rings is 2. The summed E-state index contributed by atoms with van der Waals surface area (Å²) in [6.45, 7) is 6.40. The molecule has 3 aliphatic rings. The van der Waals surface area contributed by atoms with Crippen LogP contribution in [0.2, 0.25) is 0 Å². The number of ether oxygens (including phenoxy) is 2. The van der Waals surface area contributed by atoms with Gasteiger partial charge in [0.25, 0.3) is 5.91 Å². The van der Waals surface area contributed by atoms with Crippen LogP contribution in [0.4, 0.5) is 0 Å². The van der Waals surface area contributed by atoms with Gasteiger partial charge in [-0.25, -0.2) is 0 Å². The molecule has 4 heterocycles. The van der Waals surface area contributed by atoms with E-state index in [1.807, 2.05) is 23.2 Å². The van der Waals surface area contributed by atoms with E-state index in [2.05, 4.69) is 52.3 Å². The van der Waals surface area contributed by atoms with Gasteiger partial charge in [0.2, 0.25) is 0 Å². The van der Waals surface area contributed by atoms with Crippen LogP contribution in [-0.2, 0) is 14.3 Å². The smallest absolute Gasteiger partial charge is 0.251 e. The molecule has 0 aliphatic carbocycles. The van der Waals surface area contributed by atoms with Crippen LogP contribution in [0.1, 0.15) is 50.2 Å². The number of fused-ring (bicyclic) bond motifs is 1. The number of nitrogens with zero attached hydrogens (tertiary/aromatic N) is 3. The molecule has 0 saturated carbocycles. The lowest BCUT2D eigenvalue weighted by atomic mass is 9.86. The van der Waals surface area contributed by atoms with Crippen molar-refractivity contribution in [1.29, 1.82) is 0 Å². The van der Waals surface area contributed by atoms with Gasteiger partial charge in [-0.2, -0.15) is 0 Å². The lowest BCUT2D eigenvalue weighted by molar-refractivity contribution is -0.143. The average Bonchev–Trinajstić information content (AvgIpc) is 3.70. The molecule has 0 N–H and O–H groups in total. The van der Waals surface area contributed by atoms with Crippen LogP contribution >= 0.6 is 0 Å². The molecule has 6 rings (SSSR count). The van der Waals surface area contributed by atoms with Gasteiger partial charge < -0.3 is 19.3 Å². The summed E-state index contributed by atoms with van der Waals surface area (Å²) in [5.74, 6) is 0.580. The molecule has 38 heavy (non-hydrogen) atoms. The standard InChI is InChI=1S/C32H39N3O3/c36-32(30-8-5-20-37-30)35-17-13-26(14-18-35)31(38-21-19-34-15-3-4-16-34)25-11-9-24(10-12-25)28-22-27-6-1-2-7-29(27)33-23-28/h1-2,6-7,9-12,22-23,26,30-31H,3-5,8,13-21H2. The Morgan fingerprint density at radius 3 is 2.50 bits per heavy atom. The number of hydrogen-bond acceptors (Lipinski definition) is 5. The maximum Gasteiger partial charge on any atom is 0.251 e. The molecule has 3 aromatic rings. The fraction of sp³-hybridized carbons (Fsp3) is 0.500. The molecule has 0 bridgehead atoms. The summed E-state index contributed by atoms with van der Waals surface area (Å²) in [6.07, 6.45) is 8.15. The van der Waals surface area contributed by atoms with Crippen LogP contribution in [-0.4, -0.2) is 72.7 Å². The van der Waals surface area contributed by atoms with Crippen molar-refractivity contribution >= 4 is 16.8 Å². The molecule has 3 aliphatic heterocycles. The maximum absolute atomic E-state index is 12.9. The lowest BCUT2D eigenvalue weighted by Crippen LogP contribution is -2.44. The average molecular weight is 514 g/mol. The monoisotopic (exact) mass is 513 g/mol. The summed E-state index contributed by atoms with van der Waals surface area (Å²) in [6, 6.07) is 19.3. The van der Waals surface area contributed by atoms with E-state index in [4.69, 9.17) is 9.47 Å². The van der Waals surface area contributed by atoms with Crippen LogP contribution in [0, 0.1) is 5.92 Å². The number of carbonyl (C=O) groups is 1. The van der Waals surface area contributed by atoms with Crippen LogP contribution in [0.15, 0.2) is 60.8 Å². The zero-order valence-corrected chi connectivity index (χ0v) is 22.3. The Morgan fingerprint density at radius 1 is 0.947 bits per heavy atom. The Balaban J connectivity index is 1.15. The third kappa shape index (κ3) is 5.78. The molecule has 6 nitrogen and oxygen atoms in total. The molecule has 1 amide bonds. The minimum Gasteiger partial charge on any atom is -0.372 e. The predicted molar refractivity (Wildman–Crippen MR) is 150 cm³/mol. The second-order valence-corrected chi connectivity index (χ2v) is 11.0. The maximum atomic E-state index is 12.9. The molecule has 2 atom stereocenters. The molecular weight excluding hydrogens is 474 g/mol. The number of para-hydroxylation sites is 1. The topological polar surface area (TPSA) is 54.9 Å². The first kappa shape index (κ1) is 25.5. The lowest BCUT2D eigenvalue weighted by Gasteiger charge is -2.37. The number of amides is 1. The predicted octanol–water partition coefficient (Wildman–Crippen LogP) is 5.47. The highest BCUT2D eigenvalue weighted by Crippen LogP contribution is 2.35. The number of hydrogen-bond donors (Lipinski definition) is 0. The number of aromatic nitrogens is 1. The zero-order valence-electron chi connectivity index (χ0n) is 22.3. The van der Waals surface area contributed by atoms with Gasteiger partial charge in [-0.05, 0) is 80.8 Å². The van der Waals surface area contributed by atoms with Crippen molar-refractivity contribution in [3.63, 3.8) is 0 Å². The van der Waals surface area contributed by atoms with Crippen molar-refractivity contribution in [3.8, 4) is 11.1 Å². The largest absolute Gasteiger partial charge is 0.372 e. The van der Waals surface area contributed by atoms with Crippen molar-refractivity contribution in [3.05, 3.63) is 66.4 Å². The summed E-state index contributed by atoms with van der Waals surface area (Å²) in [7, 11) is 0. The van der Waals surface area contributed by atoms with Crippen molar-refractivity contribution < 1.29 is 14.3 Å². The van der Waals surface area contributed by atoms with E-state index in [9.17, 15) is 4.79 Å². The molecule has 3 saturated heterocycles. The van der Waals surface area contributed by atoms with Gasteiger partial charge in [0.1, 0.15) is 6.10 Å². The summed E-state index contributed by atoms with van der Waals surface area (Å²) in [5, 5.41) is 1.15. The summed E-state index contributed by atoms with van der Waals surface area (Å²) in [4.78, 5) is 22.1. The third-order valence-electron chi connectivity index (χ3n) is 8.55. The van der Waals surface area contributed by atoms with Gasteiger partial charge in [-0.1, -0.05) is 42.5 Å². The Kier molecular flexibility index (Phi) is 8.00. The Bertz CT molecular complexity index is 1210. The van der Waals surface area contributed by atoms with Crippen molar-refractivity contribution in [1.82, 2.24) is 14.8 Å². The van der Waals surface area contributed by atoms with Crippen molar-refractivity contribution in [2.75, 3.05) is 45.9 Å². The summed E-state index contributed by atoms with van der Waals surface area (Å²) < 4.78 is 12.3. The molecule has 2 unspecified atom stereocenters. The number of pyridine rings is 1. The van der Waals surface area contributed by atoms with Gasteiger partial charge in [0.05, 0.1) is 18.2 Å². The highest BCUT2D eigenvalue weighted by molar-refractivity contribution is 5.83. The Morgan fingerprint density at radius 2 is 1.74 bits per heavy atom. The Labute approximate surface area is 225 Å². The normalized spacial score (nSPS) is 21.8. The van der Waals surface area contributed by atoms with E-state index in [1.165, 1.54) is 37.1 Å². The fourth-order valence-corrected chi connectivity index (χ4v) is 6.31. The minimum atomic E-state index is -0.226. The molecule has 200 valence electrons. The highest BCUT2D eigenvalue weighted by atomic mass is 16.5. The SMILES string of the molecule is O=C(C1CCCO1)N1CCC(C(OCCN2CCCC2)c2ccc(-c3cnc4ccccc4c3)cc2)CC1. The number of carbonyl (C=O) groups excluding carboxylic acids is 1. The molecule has 3 fully saturated rings. The number of rotatable bonds is 8. The van der Waals surface area contributed by atoms with E-state index < -0.39 is 0 Å². The molecule has 0 spiro atoms. The fourth-order valence-electron chi connectivity index (χ4n) is 6.31. The molecule has 0 radical (unpaired) electrons. The number of piperidine rings is 1. The zero-order chi connectivity index (χ0) is 25.7. The van der Waals surface area contributed by atoms with Crippen molar-refractivity contribution in [2.24, 2.45) is 5.92 Å². The highest BCUT2D eigenvalue weighted by Gasteiger charge is 2.34. The second-order valence-electron chi connectivity index (χ2n) is 11.0. The van der Waals surface area contributed by atoms with Gasteiger partial charge >= 0.3 is 0 Å². The van der Waals surface area contributed by atoms with Gasteiger partial charge in [-0.3, -0.25) is 9.78 Å².